The Morgan fingerprint density at radius 2 is 0.900 bits per heavy atom. The molecule has 166 valence electrons. The first-order chi connectivity index (χ1) is 14.3. The first-order valence-electron chi connectivity index (χ1n) is 10.9. The Labute approximate surface area is 183 Å². The quantitative estimate of drug-likeness (QED) is 0.521. The zero-order valence-corrected chi connectivity index (χ0v) is 20.1. The molecule has 0 aromatic heterocycles. The molecule has 0 heterocycles. The second-order valence-corrected chi connectivity index (χ2v) is 8.47. The van der Waals surface area contributed by atoms with Crippen molar-refractivity contribution in [3.63, 3.8) is 0 Å². The smallest absolute Gasteiger partial charge is 0.0587 e. The minimum Gasteiger partial charge on any atom is -0.383 e. The minimum absolute atomic E-state index is 0.123. The van der Waals surface area contributed by atoms with Gasteiger partial charge in [0.05, 0.1) is 25.3 Å². The molecule has 0 saturated carbocycles. The summed E-state index contributed by atoms with van der Waals surface area (Å²) >= 11 is 0. The van der Waals surface area contributed by atoms with Crippen molar-refractivity contribution in [1.29, 1.82) is 0 Å². The van der Waals surface area contributed by atoms with Gasteiger partial charge in [-0.25, -0.2) is 0 Å². The number of hydrogen-bond donors (Lipinski definition) is 2. The van der Waals surface area contributed by atoms with Gasteiger partial charge < -0.3 is 20.1 Å². The van der Waals surface area contributed by atoms with Gasteiger partial charge in [0.2, 0.25) is 0 Å². The fourth-order valence-corrected chi connectivity index (χ4v) is 4.77. The summed E-state index contributed by atoms with van der Waals surface area (Å²) in [6, 6.07) is 9.39. The van der Waals surface area contributed by atoms with E-state index in [4.69, 9.17) is 9.47 Å². The van der Waals surface area contributed by atoms with Crippen molar-refractivity contribution in [2.45, 2.75) is 53.6 Å². The van der Waals surface area contributed by atoms with E-state index in [-0.39, 0.29) is 12.1 Å². The lowest BCUT2D eigenvalue weighted by Gasteiger charge is -2.34. The molecule has 0 saturated heterocycles. The van der Waals surface area contributed by atoms with Crippen molar-refractivity contribution in [3.8, 4) is 0 Å². The normalized spacial score (nSPS) is 13.5. The van der Waals surface area contributed by atoms with Gasteiger partial charge in [0, 0.05) is 27.3 Å². The molecule has 0 amide bonds. The van der Waals surface area contributed by atoms with E-state index >= 15 is 0 Å². The van der Waals surface area contributed by atoms with Crippen LogP contribution < -0.4 is 10.6 Å². The highest BCUT2D eigenvalue weighted by Crippen LogP contribution is 2.36. The first kappa shape index (κ1) is 24.5. The number of rotatable bonds is 11. The van der Waals surface area contributed by atoms with Crippen LogP contribution in [0, 0.1) is 41.5 Å². The second kappa shape index (κ2) is 11.6. The maximum atomic E-state index is 5.35. The predicted molar refractivity (Wildman–Crippen MR) is 127 cm³/mol. The van der Waals surface area contributed by atoms with Crippen molar-refractivity contribution in [1.82, 2.24) is 10.6 Å². The van der Waals surface area contributed by atoms with Crippen molar-refractivity contribution >= 4 is 0 Å². The molecule has 2 aromatic carbocycles. The number of benzene rings is 2. The van der Waals surface area contributed by atoms with Gasteiger partial charge in [-0.15, -0.1) is 0 Å². The SMILES string of the molecule is COCCNC(c1c(C)cc(C)cc1C)C(NCCOC)c1c(C)cc(C)cc1C. The van der Waals surface area contributed by atoms with Crippen LogP contribution in [0.4, 0.5) is 0 Å². The van der Waals surface area contributed by atoms with Crippen LogP contribution >= 0.6 is 0 Å². The van der Waals surface area contributed by atoms with Crippen molar-refractivity contribution in [2.24, 2.45) is 0 Å². The molecule has 0 aliphatic rings. The molecule has 2 atom stereocenters. The Morgan fingerprint density at radius 3 is 1.17 bits per heavy atom. The van der Waals surface area contributed by atoms with Crippen LogP contribution in [0.15, 0.2) is 24.3 Å². The zero-order valence-electron chi connectivity index (χ0n) is 20.1. The monoisotopic (exact) mass is 412 g/mol. The van der Waals surface area contributed by atoms with Crippen LogP contribution in [-0.2, 0) is 9.47 Å². The largest absolute Gasteiger partial charge is 0.383 e. The molecule has 0 aliphatic carbocycles. The lowest BCUT2D eigenvalue weighted by Crippen LogP contribution is -2.39. The Bertz CT molecular complexity index is 716. The maximum absolute atomic E-state index is 5.35. The Balaban J connectivity index is 2.61. The Kier molecular flexibility index (Phi) is 9.50. The number of ether oxygens (including phenoxy) is 2. The maximum Gasteiger partial charge on any atom is 0.0587 e. The average molecular weight is 413 g/mol. The fraction of sp³-hybridized carbons (Fsp3) is 0.538. The topological polar surface area (TPSA) is 42.5 Å². The van der Waals surface area contributed by atoms with Crippen molar-refractivity contribution < 1.29 is 9.47 Å². The third-order valence-corrected chi connectivity index (χ3v) is 5.77. The molecule has 0 fully saturated rings. The highest BCUT2D eigenvalue weighted by Gasteiger charge is 2.29. The number of methoxy groups -OCH3 is 2. The van der Waals surface area contributed by atoms with Crippen molar-refractivity contribution in [3.05, 3.63) is 68.8 Å². The third-order valence-electron chi connectivity index (χ3n) is 5.77. The molecule has 0 spiro atoms. The summed E-state index contributed by atoms with van der Waals surface area (Å²) in [5.41, 5.74) is 10.6. The molecule has 30 heavy (non-hydrogen) atoms. The Morgan fingerprint density at radius 1 is 0.600 bits per heavy atom. The van der Waals surface area contributed by atoms with Crippen LogP contribution in [0.2, 0.25) is 0 Å². The fourth-order valence-electron chi connectivity index (χ4n) is 4.77. The standard InChI is InChI=1S/C26H40N2O2/c1-17-13-19(3)23(20(4)14-17)25(27-9-11-29-7)26(28-10-12-30-8)24-21(5)15-18(2)16-22(24)6/h13-16,25-28H,9-12H2,1-8H3. The van der Waals surface area contributed by atoms with Crippen LogP contribution in [0.1, 0.15) is 56.6 Å². The summed E-state index contributed by atoms with van der Waals surface area (Å²) in [4.78, 5) is 0. The second-order valence-electron chi connectivity index (χ2n) is 8.47. The summed E-state index contributed by atoms with van der Waals surface area (Å²) in [5, 5.41) is 7.61. The zero-order chi connectivity index (χ0) is 22.3. The van der Waals surface area contributed by atoms with E-state index in [0.29, 0.717) is 13.2 Å². The van der Waals surface area contributed by atoms with Gasteiger partial charge >= 0.3 is 0 Å². The van der Waals surface area contributed by atoms with E-state index in [1.54, 1.807) is 14.2 Å². The predicted octanol–water partition coefficient (Wildman–Crippen LogP) is 4.79. The van der Waals surface area contributed by atoms with Crippen LogP contribution in [0.5, 0.6) is 0 Å². The van der Waals surface area contributed by atoms with Gasteiger partial charge in [-0.1, -0.05) is 35.4 Å². The van der Waals surface area contributed by atoms with Crippen LogP contribution in [0.25, 0.3) is 0 Å². The molecule has 0 bridgehead atoms. The molecule has 2 aromatic rings. The first-order valence-corrected chi connectivity index (χ1v) is 10.9. The van der Waals surface area contributed by atoms with E-state index in [0.717, 1.165) is 13.1 Å². The van der Waals surface area contributed by atoms with Gasteiger partial charge in [0.15, 0.2) is 0 Å². The van der Waals surface area contributed by atoms with E-state index in [9.17, 15) is 0 Å². The molecule has 2 N–H and O–H groups in total. The molecular weight excluding hydrogens is 372 g/mol. The molecule has 2 unspecified atom stereocenters. The van der Waals surface area contributed by atoms with E-state index in [1.165, 1.54) is 44.5 Å². The summed E-state index contributed by atoms with van der Waals surface area (Å²) < 4.78 is 10.7. The Hall–Kier alpha value is -1.72. The van der Waals surface area contributed by atoms with Gasteiger partial charge in [0.1, 0.15) is 0 Å². The van der Waals surface area contributed by atoms with E-state index < -0.39 is 0 Å². The number of aryl methyl sites for hydroxylation is 6. The van der Waals surface area contributed by atoms with Crippen molar-refractivity contribution in [2.75, 3.05) is 40.5 Å². The molecule has 0 aliphatic heterocycles. The number of hydrogen-bond acceptors (Lipinski definition) is 4. The lowest BCUT2D eigenvalue weighted by molar-refractivity contribution is 0.183. The van der Waals surface area contributed by atoms with Gasteiger partial charge in [-0.3, -0.25) is 0 Å². The highest BCUT2D eigenvalue weighted by molar-refractivity contribution is 5.45. The van der Waals surface area contributed by atoms with Crippen LogP contribution in [-0.4, -0.2) is 40.5 Å². The highest BCUT2D eigenvalue weighted by atomic mass is 16.5. The van der Waals surface area contributed by atoms with Gasteiger partial charge in [0.25, 0.3) is 0 Å². The average Bonchev–Trinajstić information content (AvgIpc) is 2.64. The summed E-state index contributed by atoms with van der Waals surface area (Å²) in [6.07, 6.45) is 0. The minimum atomic E-state index is 0.123. The summed E-state index contributed by atoms with van der Waals surface area (Å²) in [5.74, 6) is 0. The lowest BCUT2D eigenvalue weighted by atomic mass is 9.83. The molecule has 2 rings (SSSR count). The summed E-state index contributed by atoms with van der Waals surface area (Å²) in [6.45, 7) is 16.2. The molecule has 0 radical (unpaired) electrons. The number of nitrogens with one attached hydrogen (secondary N) is 2. The van der Waals surface area contributed by atoms with E-state index in [2.05, 4.69) is 76.4 Å². The molecular formula is C26H40N2O2. The molecule has 4 nitrogen and oxygen atoms in total. The van der Waals surface area contributed by atoms with E-state index in [1.807, 2.05) is 0 Å². The van der Waals surface area contributed by atoms with Crippen LogP contribution in [0.3, 0.4) is 0 Å². The van der Waals surface area contributed by atoms with Gasteiger partial charge in [-0.05, 0) is 74.9 Å². The third kappa shape index (κ3) is 6.14. The molecule has 4 heteroatoms. The van der Waals surface area contributed by atoms with Gasteiger partial charge in [-0.2, -0.15) is 0 Å². The summed E-state index contributed by atoms with van der Waals surface area (Å²) in [7, 11) is 3.50.